The molecule has 0 radical (unpaired) electrons. The zero-order chi connectivity index (χ0) is 17.2. The van der Waals surface area contributed by atoms with E-state index in [0.29, 0.717) is 24.4 Å². The molecule has 0 bridgehead atoms. The summed E-state index contributed by atoms with van der Waals surface area (Å²) in [7, 11) is 1.57. The lowest BCUT2D eigenvalue weighted by Crippen LogP contribution is -2.54. The molecule has 1 saturated heterocycles. The van der Waals surface area contributed by atoms with Gasteiger partial charge in [-0.05, 0) is 37.0 Å². The summed E-state index contributed by atoms with van der Waals surface area (Å²) in [5.74, 6) is 0.659. The highest BCUT2D eigenvalue weighted by Gasteiger charge is 2.35. The van der Waals surface area contributed by atoms with Gasteiger partial charge in [0.25, 0.3) is 0 Å². The van der Waals surface area contributed by atoms with Crippen LogP contribution >= 0.6 is 12.4 Å². The summed E-state index contributed by atoms with van der Waals surface area (Å²) in [5.41, 5.74) is 7.39. The second-order valence-electron chi connectivity index (χ2n) is 6.96. The van der Waals surface area contributed by atoms with Gasteiger partial charge in [0.05, 0.1) is 13.5 Å². The number of nitrogens with two attached hydrogens (primary N) is 1. The van der Waals surface area contributed by atoms with E-state index in [1.807, 2.05) is 4.90 Å². The third kappa shape index (κ3) is 4.48. The van der Waals surface area contributed by atoms with Crippen molar-refractivity contribution in [3.05, 3.63) is 29.3 Å². The summed E-state index contributed by atoms with van der Waals surface area (Å²) in [6.45, 7) is 7.03. The van der Waals surface area contributed by atoms with E-state index in [0.717, 1.165) is 12.0 Å². The van der Waals surface area contributed by atoms with Gasteiger partial charge in [0.2, 0.25) is 5.91 Å². The van der Waals surface area contributed by atoms with Crippen molar-refractivity contribution in [1.82, 2.24) is 4.90 Å². The van der Waals surface area contributed by atoms with Gasteiger partial charge < -0.3 is 15.4 Å². The maximum atomic E-state index is 12.7. The molecule has 1 aliphatic heterocycles. The number of carbonyl (C=O) groups is 2. The van der Waals surface area contributed by atoms with Gasteiger partial charge in [0.1, 0.15) is 5.75 Å². The Morgan fingerprint density at radius 3 is 2.58 bits per heavy atom. The van der Waals surface area contributed by atoms with E-state index in [-0.39, 0.29) is 42.0 Å². The maximum absolute atomic E-state index is 12.7. The van der Waals surface area contributed by atoms with Crippen molar-refractivity contribution in [2.75, 3.05) is 20.2 Å². The summed E-state index contributed by atoms with van der Waals surface area (Å²) >= 11 is 0. The van der Waals surface area contributed by atoms with E-state index < -0.39 is 0 Å². The smallest absolute Gasteiger partial charge is 0.227 e. The number of nitrogens with zero attached hydrogens (tertiary/aromatic N) is 1. The minimum absolute atomic E-state index is 0. The van der Waals surface area contributed by atoms with Gasteiger partial charge >= 0.3 is 0 Å². The molecule has 1 amide bonds. The highest BCUT2D eigenvalue weighted by atomic mass is 35.5. The van der Waals surface area contributed by atoms with Crippen LogP contribution in [0.4, 0.5) is 0 Å². The number of carbonyl (C=O) groups excluding carboxylic acids is 2. The van der Waals surface area contributed by atoms with Crippen LogP contribution in [0.15, 0.2) is 18.2 Å². The number of rotatable bonds is 4. The molecule has 1 heterocycles. The second kappa shape index (κ2) is 7.99. The van der Waals surface area contributed by atoms with E-state index in [1.165, 1.54) is 6.92 Å². The SMILES string of the molecule is COc1ccc(C(C)=O)cc1CC(=O)N1CCC(N)C(C)(C)C1.Cl. The van der Waals surface area contributed by atoms with Crippen LogP contribution in [0.5, 0.6) is 5.75 Å². The van der Waals surface area contributed by atoms with Gasteiger partial charge in [-0.3, -0.25) is 9.59 Å². The predicted molar refractivity (Wildman–Crippen MR) is 96.9 cm³/mol. The first-order valence-electron chi connectivity index (χ1n) is 7.96. The molecule has 0 aromatic heterocycles. The molecule has 1 fully saturated rings. The quantitative estimate of drug-likeness (QED) is 0.843. The molecular weight excluding hydrogens is 328 g/mol. The lowest BCUT2D eigenvalue weighted by Gasteiger charge is -2.42. The Kier molecular flexibility index (Phi) is 6.81. The molecular formula is C18H27ClN2O3. The molecule has 2 N–H and O–H groups in total. The normalized spacial score (nSPS) is 19.4. The molecule has 2 rings (SSSR count). The van der Waals surface area contributed by atoms with Crippen LogP contribution in [0.3, 0.4) is 0 Å². The van der Waals surface area contributed by atoms with Crippen LogP contribution in [0.2, 0.25) is 0 Å². The lowest BCUT2D eigenvalue weighted by molar-refractivity contribution is -0.133. The van der Waals surface area contributed by atoms with E-state index in [2.05, 4.69) is 13.8 Å². The second-order valence-corrected chi connectivity index (χ2v) is 6.96. The number of piperidine rings is 1. The summed E-state index contributed by atoms with van der Waals surface area (Å²) in [5, 5.41) is 0. The summed E-state index contributed by atoms with van der Waals surface area (Å²) in [6.07, 6.45) is 1.04. The highest BCUT2D eigenvalue weighted by Crippen LogP contribution is 2.29. The predicted octanol–water partition coefficient (Wildman–Crippen LogP) is 2.45. The van der Waals surface area contributed by atoms with Gasteiger partial charge in [-0.15, -0.1) is 12.4 Å². The third-order valence-electron chi connectivity index (χ3n) is 4.69. The number of hydrogen-bond donors (Lipinski definition) is 1. The summed E-state index contributed by atoms with van der Waals surface area (Å²) in [6, 6.07) is 5.33. The Hall–Kier alpha value is -1.59. The zero-order valence-electron chi connectivity index (χ0n) is 14.8. The van der Waals surface area contributed by atoms with Crippen molar-refractivity contribution in [3.63, 3.8) is 0 Å². The Labute approximate surface area is 149 Å². The van der Waals surface area contributed by atoms with Crippen molar-refractivity contribution < 1.29 is 14.3 Å². The molecule has 134 valence electrons. The number of ether oxygens (including phenoxy) is 1. The van der Waals surface area contributed by atoms with Gasteiger partial charge in [0, 0.05) is 30.3 Å². The number of amides is 1. The van der Waals surface area contributed by atoms with Crippen molar-refractivity contribution in [2.24, 2.45) is 11.1 Å². The topological polar surface area (TPSA) is 72.6 Å². The summed E-state index contributed by atoms with van der Waals surface area (Å²) in [4.78, 5) is 26.1. The molecule has 1 aliphatic rings. The average molecular weight is 355 g/mol. The molecule has 6 heteroatoms. The molecule has 0 spiro atoms. The van der Waals surface area contributed by atoms with Gasteiger partial charge in [-0.25, -0.2) is 0 Å². The molecule has 0 aliphatic carbocycles. The van der Waals surface area contributed by atoms with Crippen LogP contribution in [-0.2, 0) is 11.2 Å². The maximum Gasteiger partial charge on any atom is 0.227 e. The molecule has 1 aromatic carbocycles. The molecule has 24 heavy (non-hydrogen) atoms. The number of likely N-dealkylation sites (tertiary alicyclic amines) is 1. The fourth-order valence-electron chi connectivity index (χ4n) is 3.00. The van der Waals surface area contributed by atoms with E-state index in [1.54, 1.807) is 25.3 Å². The van der Waals surface area contributed by atoms with E-state index >= 15 is 0 Å². The fourth-order valence-corrected chi connectivity index (χ4v) is 3.00. The van der Waals surface area contributed by atoms with Gasteiger partial charge in [0.15, 0.2) is 5.78 Å². The Morgan fingerprint density at radius 2 is 2.04 bits per heavy atom. The van der Waals surface area contributed by atoms with Gasteiger partial charge in [-0.2, -0.15) is 0 Å². The van der Waals surface area contributed by atoms with Gasteiger partial charge in [-0.1, -0.05) is 13.8 Å². The van der Waals surface area contributed by atoms with Crippen LogP contribution in [0.1, 0.15) is 43.1 Å². The number of halogens is 1. The van der Waals surface area contributed by atoms with Crippen molar-refractivity contribution in [3.8, 4) is 5.75 Å². The Balaban J connectivity index is 0.00000288. The average Bonchev–Trinajstić information content (AvgIpc) is 2.49. The lowest BCUT2D eigenvalue weighted by atomic mass is 9.79. The highest BCUT2D eigenvalue weighted by molar-refractivity contribution is 5.94. The number of hydrogen-bond acceptors (Lipinski definition) is 4. The molecule has 5 nitrogen and oxygen atoms in total. The molecule has 1 atom stereocenters. The van der Waals surface area contributed by atoms with Crippen LogP contribution in [-0.4, -0.2) is 42.8 Å². The summed E-state index contributed by atoms with van der Waals surface area (Å²) < 4.78 is 5.32. The van der Waals surface area contributed by atoms with E-state index in [4.69, 9.17) is 10.5 Å². The Bertz CT molecular complexity index is 616. The number of ketones is 1. The standard InChI is InChI=1S/C18H26N2O3.ClH/c1-12(21)13-5-6-15(23-4)14(9-13)10-17(22)20-8-7-16(19)18(2,3)11-20;/h5-6,9,16H,7-8,10-11,19H2,1-4H3;1H. The van der Waals surface area contributed by atoms with E-state index in [9.17, 15) is 9.59 Å². The van der Waals surface area contributed by atoms with Crippen molar-refractivity contribution in [2.45, 2.75) is 39.7 Å². The number of benzene rings is 1. The van der Waals surface area contributed by atoms with Crippen LogP contribution in [0.25, 0.3) is 0 Å². The largest absolute Gasteiger partial charge is 0.496 e. The third-order valence-corrected chi connectivity index (χ3v) is 4.69. The zero-order valence-corrected chi connectivity index (χ0v) is 15.6. The number of Topliss-reactive ketones (excluding diaryl/α,β-unsaturated/α-hetero) is 1. The first kappa shape index (κ1) is 20.5. The number of methoxy groups -OCH3 is 1. The first-order valence-corrected chi connectivity index (χ1v) is 7.96. The van der Waals surface area contributed by atoms with Crippen LogP contribution in [0, 0.1) is 5.41 Å². The molecule has 0 saturated carbocycles. The van der Waals surface area contributed by atoms with Crippen molar-refractivity contribution >= 4 is 24.1 Å². The molecule has 1 aromatic rings. The van der Waals surface area contributed by atoms with Crippen molar-refractivity contribution in [1.29, 1.82) is 0 Å². The minimum atomic E-state index is -0.0841. The molecule has 1 unspecified atom stereocenters. The Morgan fingerprint density at radius 1 is 1.38 bits per heavy atom. The monoisotopic (exact) mass is 354 g/mol. The van der Waals surface area contributed by atoms with Crippen LogP contribution < -0.4 is 10.5 Å². The minimum Gasteiger partial charge on any atom is -0.496 e. The first-order chi connectivity index (χ1) is 10.7. The fraction of sp³-hybridized carbons (Fsp3) is 0.556.